The van der Waals surface area contributed by atoms with E-state index in [2.05, 4.69) is 99.6 Å². The van der Waals surface area contributed by atoms with Gasteiger partial charge in [-0.15, -0.1) is 0 Å². The molecular formula is C25H28O2Si. The topological polar surface area (TPSA) is 18.5 Å². The maximum absolute atomic E-state index is 7.30. The van der Waals surface area contributed by atoms with Gasteiger partial charge in [-0.05, 0) is 21.4 Å². The normalized spacial score (nSPS) is 22.0. The molecule has 0 aliphatic carbocycles. The summed E-state index contributed by atoms with van der Waals surface area (Å²) in [4.78, 5) is 0. The Bertz CT molecular complexity index is 864. The minimum absolute atomic E-state index is 0.0834. The van der Waals surface area contributed by atoms with Crippen molar-refractivity contribution < 1.29 is 8.85 Å². The van der Waals surface area contributed by atoms with Crippen molar-refractivity contribution in [1.29, 1.82) is 0 Å². The van der Waals surface area contributed by atoms with Gasteiger partial charge < -0.3 is 8.85 Å². The highest BCUT2D eigenvalue weighted by atomic mass is 28.4. The van der Waals surface area contributed by atoms with Crippen molar-refractivity contribution in [1.82, 2.24) is 0 Å². The van der Waals surface area contributed by atoms with Crippen molar-refractivity contribution in [3.8, 4) is 0 Å². The summed E-state index contributed by atoms with van der Waals surface area (Å²) >= 11 is 0. The monoisotopic (exact) mass is 388 g/mol. The van der Waals surface area contributed by atoms with Gasteiger partial charge in [0.05, 0.1) is 5.60 Å². The van der Waals surface area contributed by atoms with Gasteiger partial charge in [0.25, 0.3) is 0 Å². The van der Waals surface area contributed by atoms with E-state index in [-0.39, 0.29) is 5.41 Å². The number of rotatable bonds is 3. The molecule has 0 aromatic heterocycles. The van der Waals surface area contributed by atoms with E-state index in [0.29, 0.717) is 6.61 Å². The van der Waals surface area contributed by atoms with E-state index in [0.717, 1.165) is 16.8 Å². The van der Waals surface area contributed by atoms with Crippen LogP contribution in [0, 0.1) is 5.41 Å². The zero-order valence-electron chi connectivity index (χ0n) is 16.9. The largest absolute Gasteiger partial charge is 0.407 e. The van der Waals surface area contributed by atoms with Crippen LogP contribution in [-0.4, -0.2) is 15.2 Å². The highest BCUT2D eigenvalue weighted by Crippen LogP contribution is 2.49. The van der Waals surface area contributed by atoms with Crippen molar-refractivity contribution in [2.24, 2.45) is 5.41 Å². The second kappa shape index (κ2) is 7.32. The van der Waals surface area contributed by atoms with Crippen LogP contribution in [0.2, 0.25) is 0 Å². The van der Waals surface area contributed by atoms with Crippen LogP contribution >= 0.6 is 0 Å². The molecule has 4 rings (SSSR count). The van der Waals surface area contributed by atoms with E-state index < -0.39 is 14.2 Å². The first-order valence-electron chi connectivity index (χ1n) is 9.99. The van der Waals surface area contributed by atoms with Crippen LogP contribution in [-0.2, 0) is 14.5 Å². The average Bonchev–Trinajstić information content (AvgIpc) is 2.75. The second-order valence-corrected chi connectivity index (χ2v) is 11.4. The molecule has 1 fully saturated rings. The van der Waals surface area contributed by atoms with Gasteiger partial charge in [-0.1, -0.05) is 112 Å². The lowest BCUT2D eigenvalue weighted by molar-refractivity contribution is -0.104. The first-order valence-corrected chi connectivity index (χ1v) is 11.8. The first kappa shape index (κ1) is 19.1. The van der Waals surface area contributed by atoms with Gasteiger partial charge >= 0.3 is 8.56 Å². The lowest BCUT2D eigenvalue weighted by Gasteiger charge is -2.53. The number of hydrogen-bond acceptors (Lipinski definition) is 2. The lowest BCUT2D eigenvalue weighted by Crippen LogP contribution is -2.70. The van der Waals surface area contributed by atoms with E-state index in [9.17, 15) is 0 Å². The maximum Gasteiger partial charge on any atom is 0.407 e. The summed E-state index contributed by atoms with van der Waals surface area (Å²) in [5, 5.41) is 2.32. The third kappa shape index (κ3) is 3.14. The summed E-state index contributed by atoms with van der Waals surface area (Å²) in [6.45, 7) is 7.52. The van der Waals surface area contributed by atoms with Crippen LogP contribution < -0.4 is 10.4 Å². The standard InChI is InChI=1S/C25H28O2Si/c1-24(2,3)25(21-13-7-4-8-14-21)19-20-26-28(27-25,22-15-9-5-10-16-22)23-17-11-6-12-18-23/h4-18H,19-20H2,1-3H3. The molecule has 1 aliphatic heterocycles. The Morgan fingerprint density at radius 2 is 1.18 bits per heavy atom. The van der Waals surface area contributed by atoms with Crippen LogP contribution in [0.25, 0.3) is 0 Å². The molecule has 1 saturated heterocycles. The van der Waals surface area contributed by atoms with Gasteiger partial charge in [-0.3, -0.25) is 0 Å². The molecule has 0 N–H and O–H groups in total. The molecule has 0 spiro atoms. The number of benzene rings is 3. The third-order valence-corrected chi connectivity index (χ3v) is 9.27. The predicted octanol–water partition coefficient (Wildman–Crippen LogP) is 4.62. The van der Waals surface area contributed by atoms with Crippen LogP contribution in [0.5, 0.6) is 0 Å². The zero-order valence-corrected chi connectivity index (χ0v) is 17.9. The van der Waals surface area contributed by atoms with Crippen molar-refractivity contribution in [2.45, 2.75) is 32.8 Å². The van der Waals surface area contributed by atoms with E-state index in [4.69, 9.17) is 8.85 Å². The van der Waals surface area contributed by atoms with Gasteiger partial charge in [0, 0.05) is 13.0 Å². The molecule has 28 heavy (non-hydrogen) atoms. The van der Waals surface area contributed by atoms with Crippen molar-refractivity contribution in [3.05, 3.63) is 96.6 Å². The molecule has 1 aliphatic rings. The van der Waals surface area contributed by atoms with E-state index in [1.165, 1.54) is 5.56 Å². The Hall–Kier alpha value is -2.20. The van der Waals surface area contributed by atoms with Crippen LogP contribution in [0.4, 0.5) is 0 Å². The Balaban J connectivity index is 1.94. The van der Waals surface area contributed by atoms with Gasteiger partial charge in [0.15, 0.2) is 0 Å². The van der Waals surface area contributed by atoms with E-state index in [1.54, 1.807) is 0 Å². The highest BCUT2D eigenvalue weighted by Gasteiger charge is 2.57. The third-order valence-electron chi connectivity index (χ3n) is 5.84. The average molecular weight is 389 g/mol. The summed E-state index contributed by atoms with van der Waals surface area (Å²) in [6.07, 6.45) is 0.842. The Labute approximate surface area is 169 Å². The molecule has 3 heteroatoms. The lowest BCUT2D eigenvalue weighted by atomic mass is 9.70. The summed E-state index contributed by atoms with van der Waals surface area (Å²) in [6, 6.07) is 31.7. The van der Waals surface area contributed by atoms with Gasteiger partial charge in [0.2, 0.25) is 0 Å². The maximum atomic E-state index is 7.30. The molecule has 1 heterocycles. The van der Waals surface area contributed by atoms with E-state index in [1.807, 2.05) is 12.1 Å². The molecule has 0 saturated carbocycles. The van der Waals surface area contributed by atoms with Crippen LogP contribution in [0.15, 0.2) is 91.0 Å². The first-order chi connectivity index (χ1) is 13.5. The molecule has 3 aromatic carbocycles. The fraction of sp³-hybridized carbons (Fsp3) is 0.280. The minimum atomic E-state index is -2.86. The summed E-state index contributed by atoms with van der Waals surface area (Å²) in [7, 11) is -2.86. The fourth-order valence-electron chi connectivity index (χ4n) is 4.30. The molecule has 1 unspecified atom stereocenters. The quantitative estimate of drug-likeness (QED) is 0.610. The molecule has 2 nitrogen and oxygen atoms in total. The molecule has 0 bridgehead atoms. The molecule has 3 aromatic rings. The van der Waals surface area contributed by atoms with Gasteiger partial charge in [-0.2, -0.15) is 0 Å². The van der Waals surface area contributed by atoms with Crippen molar-refractivity contribution in [3.63, 3.8) is 0 Å². The fourth-order valence-corrected chi connectivity index (χ4v) is 7.93. The summed E-state index contributed by atoms with van der Waals surface area (Å²) in [5.74, 6) is 0. The predicted molar refractivity (Wildman–Crippen MR) is 117 cm³/mol. The summed E-state index contributed by atoms with van der Waals surface area (Å²) in [5.41, 5.74) is 0.735. The second-order valence-electron chi connectivity index (χ2n) is 8.49. The van der Waals surface area contributed by atoms with E-state index >= 15 is 0 Å². The number of hydrogen-bond donors (Lipinski definition) is 0. The summed E-state index contributed by atoms with van der Waals surface area (Å²) < 4.78 is 13.9. The molecule has 144 valence electrons. The highest BCUT2D eigenvalue weighted by molar-refractivity contribution is 6.92. The smallest absolute Gasteiger partial charge is 0.388 e. The molecule has 0 radical (unpaired) electrons. The van der Waals surface area contributed by atoms with Gasteiger partial charge in [0.1, 0.15) is 0 Å². The Kier molecular flexibility index (Phi) is 5.00. The van der Waals surface area contributed by atoms with Crippen LogP contribution in [0.1, 0.15) is 32.8 Å². The van der Waals surface area contributed by atoms with Crippen molar-refractivity contribution in [2.75, 3.05) is 6.61 Å². The Morgan fingerprint density at radius 3 is 1.64 bits per heavy atom. The van der Waals surface area contributed by atoms with Crippen molar-refractivity contribution >= 4 is 18.9 Å². The van der Waals surface area contributed by atoms with Crippen LogP contribution in [0.3, 0.4) is 0 Å². The molecule has 1 atom stereocenters. The molecule has 0 amide bonds. The zero-order chi connectivity index (χ0) is 19.7. The Morgan fingerprint density at radius 1 is 0.714 bits per heavy atom. The SMILES string of the molecule is CC(C)(C)C1(c2ccccc2)CCO[Si](c2ccccc2)(c2ccccc2)O1. The minimum Gasteiger partial charge on any atom is -0.388 e. The molecular weight excluding hydrogens is 360 g/mol. The van der Waals surface area contributed by atoms with Gasteiger partial charge in [-0.25, -0.2) is 0 Å².